The molecule has 3 nitrogen and oxygen atoms in total. The molecule has 0 saturated heterocycles. The SMILES string of the molecule is CCc1nc(/C(C#N)=C/c2csc(C3CC3)n2)sc1C. The van der Waals surface area contributed by atoms with Crippen LogP contribution in [0.5, 0.6) is 0 Å². The lowest BCUT2D eigenvalue weighted by Crippen LogP contribution is -1.85. The number of aryl methyl sites for hydroxylation is 2. The van der Waals surface area contributed by atoms with E-state index >= 15 is 0 Å². The highest BCUT2D eigenvalue weighted by atomic mass is 32.1. The summed E-state index contributed by atoms with van der Waals surface area (Å²) in [6.07, 6.45) is 5.28. The number of thiazole rings is 2. The van der Waals surface area contributed by atoms with Gasteiger partial charge in [-0.2, -0.15) is 5.26 Å². The molecular weight excluding hydrogens is 286 g/mol. The molecule has 0 bridgehead atoms. The molecule has 0 aromatic carbocycles. The van der Waals surface area contributed by atoms with E-state index < -0.39 is 0 Å². The lowest BCUT2D eigenvalue weighted by molar-refractivity contribution is 1.04. The molecule has 0 amide bonds. The Kier molecular flexibility index (Phi) is 3.68. The summed E-state index contributed by atoms with van der Waals surface area (Å²) in [5, 5.41) is 13.4. The van der Waals surface area contributed by atoms with Crippen molar-refractivity contribution in [3.05, 3.63) is 31.7 Å². The van der Waals surface area contributed by atoms with Gasteiger partial charge in [0.25, 0.3) is 0 Å². The Labute approximate surface area is 126 Å². The number of hydrogen-bond acceptors (Lipinski definition) is 5. The number of allylic oxidation sites excluding steroid dienone is 1. The van der Waals surface area contributed by atoms with E-state index in [1.165, 1.54) is 22.7 Å². The van der Waals surface area contributed by atoms with Crippen LogP contribution in [0, 0.1) is 18.3 Å². The van der Waals surface area contributed by atoms with Crippen LogP contribution in [-0.2, 0) is 6.42 Å². The summed E-state index contributed by atoms with van der Waals surface area (Å²) in [5.74, 6) is 0.668. The molecular formula is C15H15N3S2. The van der Waals surface area contributed by atoms with Crippen molar-refractivity contribution >= 4 is 34.3 Å². The quantitative estimate of drug-likeness (QED) is 0.786. The summed E-state index contributed by atoms with van der Waals surface area (Å²) >= 11 is 3.29. The molecule has 0 radical (unpaired) electrons. The van der Waals surface area contributed by atoms with Gasteiger partial charge in [-0.3, -0.25) is 0 Å². The number of aromatic nitrogens is 2. The van der Waals surface area contributed by atoms with Crippen molar-refractivity contribution in [1.82, 2.24) is 9.97 Å². The molecule has 5 heteroatoms. The molecule has 0 unspecified atom stereocenters. The summed E-state index contributed by atoms with van der Waals surface area (Å²) in [4.78, 5) is 10.4. The number of nitriles is 1. The third-order valence-electron chi connectivity index (χ3n) is 3.34. The van der Waals surface area contributed by atoms with Gasteiger partial charge >= 0.3 is 0 Å². The Balaban J connectivity index is 1.90. The molecule has 0 atom stereocenters. The average molecular weight is 301 g/mol. The van der Waals surface area contributed by atoms with Crippen molar-refractivity contribution < 1.29 is 0 Å². The normalized spacial score (nSPS) is 15.3. The van der Waals surface area contributed by atoms with Crippen LogP contribution in [0.2, 0.25) is 0 Å². The zero-order valence-electron chi connectivity index (χ0n) is 11.5. The zero-order chi connectivity index (χ0) is 14.1. The second kappa shape index (κ2) is 5.47. The fourth-order valence-corrected chi connectivity index (χ4v) is 3.96. The highest BCUT2D eigenvalue weighted by molar-refractivity contribution is 7.13. The van der Waals surface area contributed by atoms with Crippen LogP contribution in [0.15, 0.2) is 5.38 Å². The monoisotopic (exact) mass is 301 g/mol. The Morgan fingerprint density at radius 3 is 2.90 bits per heavy atom. The molecule has 1 aliphatic carbocycles. The third kappa shape index (κ3) is 2.67. The topological polar surface area (TPSA) is 49.6 Å². The van der Waals surface area contributed by atoms with E-state index in [1.54, 1.807) is 22.7 Å². The van der Waals surface area contributed by atoms with Gasteiger partial charge in [-0.15, -0.1) is 22.7 Å². The van der Waals surface area contributed by atoms with Crippen molar-refractivity contribution in [3.63, 3.8) is 0 Å². The van der Waals surface area contributed by atoms with Crippen LogP contribution >= 0.6 is 22.7 Å². The predicted octanol–water partition coefficient (Wildman–Crippen LogP) is 4.41. The second-order valence-corrected chi connectivity index (χ2v) is 7.02. The van der Waals surface area contributed by atoms with Crippen LogP contribution in [0.4, 0.5) is 0 Å². The Hall–Kier alpha value is -1.51. The van der Waals surface area contributed by atoms with Gasteiger partial charge in [0.05, 0.1) is 22.0 Å². The summed E-state index contributed by atoms with van der Waals surface area (Å²) in [6, 6.07) is 2.26. The van der Waals surface area contributed by atoms with Crippen molar-refractivity contribution in [1.29, 1.82) is 5.26 Å². The van der Waals surface area contributed by atoms with Crippen LogP contribution in [-0.4, -0.2) is 9.97 Å². The lowest BCUT2D eigenvalue weighted by Gasteiger charge is -1.91. The summed E-state index contributed by atoms with van der Waals surface area (Å²) < 4.78 is 0. The highest BCUT2D eigenvalue weighted by Crippen LogP contribution is 2.41. The molecule has 2 aromatic rings. The van der Waals surface area contributed by atoms with Gasteiger partial charge in [-0.25, -0.2) is 9.97 Å². The molecule has 1 aliphatic rings. The smallest absolute Gasteiger partial charge is 0.134 e. The first-order valence-corrected chi connectivity index (χ1v) is 8.44. The molecule has 2 heterocycles. The van der Waals surface area contributed by atoms with Crippen LogP contribution in [0.3, 0.4) is 0 Å². The Morgan fingerprint density at radius 1 is 1.50 bits per heavy atom. The summed E-state index contributed by atoms with van der Waals surface area (Å²) in [5.41, 5.74) is 2.59. The zero-order valence-corrected chi connectivity index (χ0v) is 13.1. The van der Waals surface area contributed by atoms with Crippen molar-refractivity contribution in [2.45, 2.75) is 39.0 Å². The predicted molar refractivity (Wildman–Crippen MR) is 83.8 cm³/mol. The number of hydrogen-bond donors (Lipinski definition) is 0. The van der Waals surface area contributed by atoms with E-state index in [2.05, 4.69) is 29.9 Å². The van der Waals surface area contributed by atoms with Gasteiger partial charge in [0.1, 0.15) is 11.1 Å². The Morgan fingerprint density at radius 2 is 2.30 bits per heavy atom. The number of rotatable bonds is 4. The minimum atomic E-state index is 0.616. The van der Waals surface area contributed by atoms with E-state index in [0.29, 0.717) is 11.5 Å². The van der Waals surface area contributed by atoms with E-state index in [0.717, 1.165) is 22.8 Å². The maximum Gasteiger partial charge on any atom is 0.134 e. The van der Waals surface area contributed by atoms with E-state index in [-0.39, 0.29) is 0 Å². The lowest BCUT2D eigenvalue weighted by atomic mass is 10.2. The molecule has 0 N–H and O–H groups in total. The minimum absolute atomic E-state index is 0.616. The second-order valence-electron chi connectivity index (χ2n) is 4.93. The Bertz CT molecular complexity index is 699. The van der Waals surface area contributed by atoms with E-state index in [4.69, 9.17) is 0 Å². The molecule has 102 valence electrons. The first-order chi connectivity index (χ1) is 9.71. The van der Waals surface area contributed by atoms with Gasteiger partial charge in [-0.1, -0.05) is 6.92 Å². The molecule has 0 aliphatic heterocycles. The van der Waals surface area contributed by atoms with Crippen molar-refractivity contribution in [2.75, 3.05) is 0 Å². The molecule has 3 rings (SSSR count). The van der Waals surface area contributed by atoms with E-state index in [1.807, 2.05) is 11.5 Å². The average Bonchev–Trinajstić information content (AvgIpc) is 3.08. The first-order valence-electron chi connectivity index (χ1n) is 6.75. The maximum absolute atomic E-state index is 9.37. The van der Waals surface area contributed by atoms with E-state index in [9.17, 15) is 5.26 Å². The number of nitrogens with zero attached hydrogens (tertiary/aromatic N) is 3. The molecule has 0 spiro atoms. The van der Waals surface area contributed by atoms with Crippen molar-refractivity contribution in [2.24, 2.45) is 0 Å². The minimum Gasteiger partial charge on any atom is -0.242 e. The summed E-state index contributed by atoms with van der Waals surface area (Å²) in [7, 11) is 0. The van der Waals surface area contributed by atoms with Crippen LogP contribution < -0.4 is 0 Å². The van der Waals surface area contributed by atoms with Gasteiger partial charge in [-0.05, 0) is 32.3 Å². The largest absolute Gasteiger partial charge is 0.242 e. The molecule has 1 fully saturated rings. The van der Waals surface area contributed by atoms with Gasteiger partial charge in [0.15, 0.2) is 0 Å². The standard InChI is InChI=1S/C15H15N3S2/c1-3-13-9(2)20-15(18-13)11(7-16)6-12-8-19-14(17-12)10-4-5-10/h6,8,10H,3-5H2,1-2H3/b11-6+. The van der Waals surface area contributed by atoms with Crippen LogP contribution in [0.25, 0.3) is 11.6 Å². The van der Waals surface area contributed by atoms with Crippen LogP contribution in [0.1, 0.15) is 52.0 Å². The van der Waals surface area contributed by atoms with Gasteiger partial charge < -0.3 is 0 Å². The first kappa shape index (κ1) is 13.5. The fourth-order valence-electron chi connectivity index (χ4n) is 2.05. The summed E-state index contributed by atoms with van der Waals surface area (Å²) in [6.45, 7) is 4.15. The van der Waals surface area contributed by atoms with Gasteiger partial charge in [0, 0.05) is 16.2 Å². The third-order valence-corrected chi connectivity index (χ3v) is 5.41. The molecule has 2 aromatic heterocycles. The fraction of sp³-hybridized carbons (Fsp3) is 0.400. The highest BCUT2D eigenvalue weighted by Gasteiger charge is 2.26. The molecule has 20 heavy (non-hydrogen) atoms. The molecule has 1 saturated carbocycles. The van der Waals surface area contributed by atoms with Gasteiger partial charge in [0.2, 0.25) is 0 Å². The maximum atomic E-state index is 9.37. The van der Waals surface area contributed by atoms with Crippen molar-refractivity contribution in [3.8, 4) is 6.07 Å².